The van der Waals surface area contributed by atoms with Crippen LogP contribution in [0, 0.1) is 10.1 Å². The first kappa shape index (κ1) is 14.6. The second-order valence-corrected chi connectivity index (χ2v) is 3.51. The largest absolute Gasteiger partial charge is 0.490 e. The average molecular weight is 266 g/mol. The molecule has 7 heteroatoms. The van der Waals surface area contributed by atoms with Gasteiger partial charge in [-0.15, -0.1) is 0 Å². The van der Waals surface area contributed by atoms with Crippen molar-refractivity contribution >= 4 is 17.5 Å². The third kappa shape index (κ3) is 3.77. The van der Waals surface area contributed by atoms with E-state index in [2.05, 4.69) is 4.99 Å². The Morgan fingerprint density at radius 1 is 1.47 bits per heavy atom. The zero-order valence-electron chi connectivity index (χ0n) is 10.9. The monoisotopic (exact) mass is 266 g/mol. The molecule has 0 aliphatic rings. The van der Waals surface area contributed by atoms with Gasteiger partial charge in [0.25, 0.3) is 5.91 Å². The molecule has 0 aliphatic heterocycles. The van der Waals surface area contributed by atoms with Crippen LogP contribution in [-0.2, 0) is 4.74 Å². The quantitative estimate of drug-likeness (QED) is 0.360. The van der Waals surface area contributed by atoms with Gasteiger partial charge in [-0.1, -0.05) is 0 Å². The van der Waals surface area contributed by atoms with Crippen LogP contribution in [0.5, 0.6) is 5.75 Å². The number of ether oxygens (including phenoxy) is 2. The number of carbonyl (C=O) groups is 1. The predicted octanol–water partition coefficient (Wildman–Crippen LogP) is 2.20. The number of nitrogens with zero attached hydrogens (tertiary/aromatic N) is 2. The van der Waals surface area contributed by atoms with Crippen molar-refractivity contribution in [3.63, 3.8) is 0 Å². The lowest BCUT2D eigenvalue weighted by Crippen LogP contribution is -2.05. The highest BCUT2D eigenvalue weighted by atomic mass is 16.6. The minimum Gasteiger partial charge on any atom is -0.490 e. The van der Waals surface area contributed by atoms with Gasteiger partial charge in [-0.2, -0.15) is 4.99 Å². The lowest BCUT2D eigenvalue weighted by atomic mass is 10.2. The summed E-state index contributed by atoms with van der Waals surface area (Å²) in [6, 6.07) is 3.81. The Balaban J connectivity index is 3.06. The van der Waals surface area contributed by atoms with E-state index in [4.69, 9.17) is 9.47 Å². The molecule has 0 heterocycles. The molecular formula is C12H14N2O5. The van der Waals surface area contributed by atoms with Crippen LogP contribution in [0.4, 0.5) is 5.69 Å². The number of carbonyl (C=O) groups excluding carboxylic acids is 1. The maximum absolute atomic E-state index is 11.8. The number of nitro benzene ring substituents is 1. The molecular weight excluding hydrogens is 252 g/mol. The van der Waals surface area contributed by atoms with Crippen LogP contribution < -0.4 is 4.74 Å². The maximum Gasteiger partial charge on any atom is 0.310 e. The molecule has 0 saturated carbocycles. The summed E-state index contributed by atoms with van der Waals surface area (Å²) in [5.74, 6) is -0.288. The van der Waals surface area contributed by atoms with E-state index in [0.717, 1.165) is 0 Å². The van der Waals surface area contributed by atoms with Crippen molar-refractivity contribution in [2.45, 2.75) is 13.8 Å². The van der Waals surface area contributed by atoms with Crippen LogP contribution in [0.25, 0.3) is 0 Å². The average Bonchev–Trinajstić information content (AvgIpc) is 2.37. The molecule has 1 aromatic carbocycles. The molecule has 1 rings (SSSR count). The lowest BCUT2D eigenvalue weighted by Gasteiger charge is -2.04. The molecule has 0 bridgehead atoms. The van der Waals surface area contributed by atoms with Gasteiger partial charge in [0.05, 0.1) is 18.6 Å². The van der Waals surface area contributed by atoms with E-state index in [1.165, 1.54) is 25.3 Å². The Kier molecular flexibility index (Phi) is 4.99. The molecule has 1 amide bonds. The van der Waals surface area contributed by atoms with Gasteiger partial charge in [0.2, 0.25) is 0 Å². The molecule has 0 spiro atoms. The molecule has 19 heavy (non-hydrogen) atoms. The van der Waals surface area contributed by atoms with Gasteiger partial charge in [0.1, 0.15) is 0 Å². The molecule has 102 valence electrons. The van der Waals surface area contributed by atoms with E-state index in [1.54, 1.807) is 13.8 Å². The van der Waals surface area contributed by atoms with Crippen molar-refractivity contribution < 1.29 is 19.2 Å². The van der Waals surface area contributed by atoms with E-state index < -0.39 is 10.8 Å². The summed E-state index contributed by atoms with van der Waals surface area (Å²) >= 11 is 0. The maximum atomic E-state index is 11.8. The van der Waals surface area contributed by atoms with Crippen LogP contribution in [0.2, 0.25) is 0 Å². The molecule has 0 aromatic heterocycles. The Morgan fingerprint density at radius 2 is 2.16 bits per heavy atom. The smallest absolute Gasteiger partial charge is 0.310 e. The minimum atomic E-state index is -0.582. The molecule has 0 atom stereocenters. The molecule has 0 fully saturated rings. The van der Waals surface area contributed by atoms with Crippen molar-refractivity contribution in [2.24, 2.45) is 4.99 Å². The van der Waals surface area contributed by atoms with Crippen molar-refractivity contribution in [1.82, 2.24) is 0 Å². The molecule has 0 N–H and O–H groups in total. The van der Waals surface area contributed by atoms with E-state index in [9.17, 15) is 14.9 Å². The van der Waals surface area contributed by atoms with E-state index >= 15 is 0 Å². The van der Waals surface area contributed by atoms with Crippen LogP contribution in [-0.4, -0.2) is 30.4 Å². The topological polar surface area (TPSA) is 91.0 Å². The third-order valence-corrected chi connectivity index (χ3v) is 2.24. The highest BCUT2D eigenvalue weighted by Crippen LogP contribution is 2.27. The first-order chi connectivity index (χ1) is 8.99. The van der Waals surface area contributed by atoms with Crippen LogP contribution in [0.3, 0.4) is 0 Å². The van der Waals surface area contributed by atoms with Gasteiger partial charge in [0.15, 0.2) is 11.6 Å². The number of nitro groups is 1. The van der Waals surface area contributed by atoms with Crippen LogP contribution in [0.1, 0.15) is 24.2 Å². The van der Waals surface area contributed by atoms with Crippen molar-refractivity contribution in [3.05, 3.63) is 33.9 Å². The van der Waals surface area contributed by atoms with Crippen LogP contribution in [0.15, 0.2) is 23.2 Å². The predicted molar refractivity (Wildman–Crippen MR) is 68.7 cm³/mol. The van der Waals surface area contributed by atoms with E-state index in [-0.39, 0.29) is 22.9 Å². The Bertz CT molecular complexity index is 525. The molecule has 7 nitrogen and oxygen atoms in total. The second-order valence-electron chi connectivity index (χ2n) is 3.51. The van der Waals surface area contributed by atoms with Gasteiger partial charge in [-0.3, -0.25) is 14.9 Å². The van der Waals surface area contributed by atoms with E-state index in [0.29, 0.717) is 6.61 Å². The number of rotatable bonds is 4. The first-order valence-corrected chi connectivity index (χ1v) is 5.54. The number of amides is 1. The Hall–Kier alpha value is -2.44. The fourth-order valence-electron chi connectivity index (χ4n) is 1.41. The Morgan fingerprint density at radius 3 is 2.68 bits per heavy atom. The zero-order chi connectivity index (χ0) is 14.4. The zero-order valence-corrected chi connectivity index (χ0v) is 10.9. The van der Waals surface area contributed by atoms with E-state index in [1.807, 2.05) is 0 Å². The molecule has 0 unspecified atom stereocenters. The summed E-state index contributed by atoms with van der Waals surface area (Å²) in [5, 5.41) is 10.7. The Labute approximate surface area is 110 Å². The van der Waals surface area contributed by atoms with Crippen molar-refractivity contribution in [3.8, 4) is 5.75 Å². The first-order valence-electron chi connectivity index (χ1n) is 5.54. The summed E-state index contributed by atoms with van der Waals surface area (Å²) in [6.07, 6.45) is 0. The molecule has 1 aromatic rings. The standard InChI is InChI=1S/C12H14N2O5/c1-4-19-8(2)13-12(15)9-5-6-10(14(16)17)11(7-9)18-3/h5-7H,4H2,1-3H3/b13-8-. The lowest BCUT2D eigenvalue weighted by molar-refractivity contribution is -0.385. The van der Waals surface area contributed by atoms with Gasteiger partial charge in [-0.05, 0) is 13.0 Å². The van der Waals surface area contributed by atoms with Crippen molar-refractivity contribution in [2.75, 3.05) is 13.7 Å². The van der Waals surface area contributed by atoms with Crippen molar-refractivity contribution in [1.29, 1.82) is 0 Å². The number of aliphatic imine (C=N–C) groups is 1. The summed E-state index contributed by atoms with van der Waals surface area (Å²) in [7, 11) is 1.30. The highest BCUT2D eigenvalue weighted by molar-refractivity contribution is 6.01. The number of methoxy groups -OCH3 is 1. The summed E-state index contributed by atoms with van der Waals surface area (Å²) in [5.41, 5.74) is -0.00828. The SMILES string of the molecule is CCO/C(C)=N\C(=O)c1ccc([N+](=O)[O-])c(OC)c1. The molecule has 0 saturated heterocycles. The number of hydrogen-bond donors (Lipinski definition) is 0. The van der Waals surface area contributed by atoms with Gasteiger partial charge in [-0.25, -0.2) is 0 Å². The van der Waals surface area contributed by atoms with Crippen LogP contribution >= 0.6 is 0 Å². The summed E-state index contributed by atoms with van der Waals surface area (Å²) in [6.45, 7) is 3.74. The fraction of sp³-hybridized carbons (Fsp3) is 0.333. The molecule has 0 aliphatic carbocycles. The normalized spacial score (nSPS) is 11.0. The summed E-state index contributed by atoms with van der Waals surface area (Å²) in [4.78, 5) is 25.6. The number of hydrogen-bond acceptors (Lipinski definition) is 5. The van der Waals surface area contributed by atoms with Gasteiger partial charge < -0.3 is 9.47 Å². The van der Waals surface area contributed by atoms with Gasteiger partial charge in [0, 0.05) is 24.6 Å². The van der Waals surface area contributed by atoms with Gasteiger partial charge >= 0.3 is 5.69 Å². The summed E-state index contributed by atoms with van der Waals surface area (Å²) < 4.78 is 9.92. The third-order valence-electron chi connectivity index (χ3n) is 2.24. The fourth-order valence-corrected chi connectivity index (χ4v) is 1.41. The minimum absolute atomic E-state index is 0.0140. The number of benzene rings is 1. The highest BCUT2D eigenvalue weighted by Gasteiger charge is 2.17. The molecule has 0 radical (unpaired) electrons. The second kappa shape index (κ2) is 6.48.